The highest BCUT2D eigenvalue weighted by Gasteiger charge is 2.20. The zero-order chi connectivity index (χ0) is 22.2. The van der Waals surface area contributed by atoms with Gasteiger partial charge in [-0.25, -0.2) is 4.98 Å². The summed E-state index contributed by atoms with van der Waals surface area (Å²) in [5.74, 6) is 0.988. The number of aromatic amines is 1. The molecule has 3 aromatic rings. The number of nitrogens with one attached hydrogen (secondary N) is 2. The SMILES string of the molecule is CCC(Sc1nc(COc2ccccc2)cc(=O)[nH]1)C(=O)Nc1ccc(OC)c(Cl)c1. The van der Waals surface area contributed by atoms with Crippen LogP contribution in [0.4, 0.5) is 5.69 Å². The molecule has 2 aromatic carbocycles. The van der Waals surface area contributed by atoms with Crippen molar-refractivity contribution in [2.75, 3.05) is 12.4 Å². The Morgan fingerprint density at radius 3 is 2.68 bits per heavy atom. The Balaban J connectivity index is 1.67. The molecule has 162 valence electrons. The average Bonchev–Trinajstić information content (AvgIpc) is 2.76. The second-order valence-corrected chi connectivity index (χ2v) is 8.10. The van der Waals surface area contributed by atoms with Crippen LogP contribution in [0.5, 0.6) is 11.5 Å². The van der Waals surface area contributed by atoms with Crippen molar-refractivity contribution in [2.24, 2.45) is 0 Å². The Morgan fingerprint density at radius 1 is 1.23 bits per heavy atom. The first-order chi connectivity index (χ1) is 15.0. The minimum absolute atomic E-state index is 0.148. The highest BCUT2D eigenvalue weighted by Crippen LogP contribution is 2.28. The molecule has 0 saturated heterocycles. The minimum Gasteiger partial charge on any atom is -0.495 e. The van der Waals surface area contributed by atoms with Gasteiger partial charge in [0.2, 0.25) is 5.91 Å². The Hall–Kier alpha value is -2.97. The van der Waals surface area contributed by atoms with E-state index >= 15 is 0 Å². The number of anilines is 1. The lowest BCUT2D eigenvalue weighted by molar-refractivity contribution is -0.115. The molecular formula is C22H22ClN3O4S. The lowest BCUT2D eigenvalue weighted by atomic mass is 10.2. The molecule has 0 aliphatic rings. The van der Waals surface area contributed by atoms with Gasteiger partial charge in [0, 0.05) is 11.8 Å². The molecule has 2 N–H and O–H groups in total. The number of halogens is 1. The summed E-state index contributed by atoms with van der Waals surface area (Å²) in [5.41, 5.74) is 0.731. The fourth-order valence-electron chi connectivity index (χ4n) is 2.71. The van der Waals surface area contributed by atoms with Crippen molar-refractivity contribution in [1.29, 1.82) is 0 Å². The highest BCUT2D eigenvalue weighted by molar-refractivity contribution is 8.00. The zero-order valence-corrected chi connectivity index (χ0v) is 18.6. The first kappa shape index (κ1) is 22.7. The van der Waals surface area contributed by atoms with Crippen molar-refractivity contribution in [1.82, 2.24) is 9.97 Å². The van der Waals surface area contributed by atoms with E-state index in [-0.39, 0.29) is 18.1 Å². The largest absolute Gasteiger partial charge is 0.495 e. The van der Waals surface area contributed by atoms with Gasteiger partial charge >= 0.3 is 0 Å². The molecule has 1 atom stereocenters. The summed E-state index contributed by atoms with van der Waals surface area (Å²) in [5, 5.41) is 3.13. The number of rotatable bonds is 9. The maximum Gasteiger partial charge on any atom is 0.251 e. The summed E-state index contributed by atoms with van der Waals surface area (Å²) >= 11 is 7.31. The number of thioether (sulfide) groups is 1. The maximum absolute atomic E-state index is 12.7. The molecule has 1 aromatic heterocycles. The fraction of sp³-hybridized carbons (Fsp3) is 0.227. The summed E-state index contributed by atoms with van der Waals surface area (Å²) in [7, 11) is 1.52. The molecule has 0 aliphatic carbocycles. The third-order valence-electron chi connectivity index (χ3n) is 4.24. The predicted molar refractivity (Wildman–Crippen MR) is 122 cm³/mol. The molecule has 1 heterocycles. The molecule has 3 rings (SSSR count). The van der Waals surface area contributed by atoms with Crippen LogP contribution in [0.25, 0.3) is 0 Å². The third-order valence-corrected chi connectivity index (χ3v) is 5.78. The van der Waals surface area contributed by atoms with Crippen molar-refractivity contribution < 1.29 is 14.3 Å². The molecule has 0 radical (unpaired) electrons. The van der Waals surface area contributed by atoms with Gasteiger partial charge in [-0.3, -0.25) is 9.59 Å². The lowest BCUT2D eigenvalue weighted by Gasteiger charge is -2.15. The number of carbonyl (C=O) groups is 1. The molecule has 1 amide bonds. The summed E-state index contributed by atoms with van der Waals surface area (Å²) in [4.78, 5) is 31.9. The summed E-state index contributed by atoms with van der Waals surface area (Å²) in [6.07, 6.45) is 0.537. The van der Waals surface area contributed by atoms with Gasteiger partial charge in [-0.1, -0.05) is 48.5 Å². The number of aromatic nitrogens is 2. The number of hydrogen-bond donors (Lipinski definition) is 2. The van der Waals surface area contributed by atoms with Gasteiger partial charge < -0.3 is 19.8 Å². The van der Waals surface area contributed by atoms with Crippen LogP contribution in [-0.2, 0) is 11.4 Å². The quantitative estimate of drug-likeness (QED) is 0.361. The van der Waals surface area contributed by atoms with Crippen LogP contribution in [-0.4, -0.2) is 28.2 Å². The maximum atomic E-state index is 12.7. The first-order valence-corrected chi connectivity index (χ1v) is 10.8. The number of benzene rings is 2. The number of H-pyrrole nitrogens is 1. The van der Waals surface area contributed by atoms with Crippen LogP contribution >= 0.6 is 23.4 Å². The standard InChI is InChI=1S/C22H22ClN3O4S/c1-3-19(21(28)24-14-9-10-18(29-2)17(23)11-14)31-22-25-15(12-20(27)26-22)13-30-16-7-5-4-6-8-16/h4-12,19H,3,13H2,1-2H3,(H,24,28)(H,25,26,27). The van der Waals surface area contributed by atoms with Crippen LogP contribution in [0, 0.1) is 0 Å². The van der Waals surface area contributed by atoms with E-state index in [0.29, 0.717) is 39.5 Å². The number of nitrogens with zero attached hydrogens (tertiary/aromatic N) is 1. The topological polar surface area (TPSA) is 93.3 Å². The zero-order valence-electron chi connectivity index (χ0n) is 17.1. The number of para-hydroxylation sites is 1. The van der Waals surface area contributed by atoms with E-state index in [1.807, 2.05) is 37.3 Å². The van der Waals surface area contributed by atoms with Gasteiger partial charge in [-0.15, -0.1) is 0 Å². The molecule has 31 heavy (non-hydrogen) atoms. The number of hydrogen-bond acceptors (Lipinski definition) is 6. The van der Waals surface area contributed by atoms with E-state index in [9.17, 15) is 9.59 Å². The molecule has 1 unspecified atom stereocenters. The van der Waals surface area contributed by atoms with E-state index in [1.54, 1.807) is 18.2 Å². The van der Waals surface area contributed by atoms with E-state index in [4.69, 9.17) is 21.1 Å². The summed E-state index contributed by atoms with van der Waals surface area (Å²) in [6.45, 7) is 2.04. The second-order valence-electron chi connectivity index (χ2n) is 6.50. The van der Waals surface area contributed by atoms with Gasteiger partial charge in [0.05, 0.1) is 23.1 Å². The molecule has 0 aliphatic heterocycles. The van der Waals surface area contributed by atoms with Gasteiger partial charge in [-0.05, 0) is 36.8 Å². The summed E-state index contributed by atoms with van der Waals surface area (Å²) in [6, 6.07) is 15.7. The van der Waals surface area contributed by atoms with E-state index in [1.165, 1.54) is 24.9 Å². The van der Waals surface area contributed by atoms with E-state index in [0.717, 1.165) is 0 Å². The molecule has 0 spiro atoms. The molecule has 0 bridgehead atoms. The minimum atomic E-state index is -0.464. The van der Waals surface area contributed by atoms with Crippen LogP contribution in [0.15, 0.2) is 64.5 Å². The smallest absolute Gasteiger partial charge is 0.251 e. The van der Waals surface area contributed by atoms with Gasteiger partial charge in [0.1, 0.15) is 18.1 Å². The molecule has 7 nitrogen and oxygen atoms in total. The average molecular weight is 460 g/mol. The normalized spacial score (nSPS) is 11.6. The van der Waals surface area contributed by atoms with Crippen LogP contribution in [0.2, 0.25) is 5.02 Å². The Kier molecular flexibility index (Phi) is 7.97. The second kappa shape index (κ2) is 10.9. The fourth-order valence-corrected chi connectivity index (χ4v) is 3.90. The monoisotopic (exact) mass is 459 g/mol. The number of methoxy groups -OCH3 is 1. The van der Waals surface area contributed by atoms with E-state index in [2.05, 4.69) is 15.3 Å². The Morgan fingerprint density at radius 2 is 2.00 bits per heavy atom. The first-order valence-electron chi connectivity index (χ1n) is 9.57. The predicted octanol–water partition coefficient (Wildman–Crippen LogP) is 4.52. The van der Waals surface area contributed by atoms with Crippen molar-refractivity contribution in [3.63, 3.8) is 0 Å². The third kappa shape index (κ3) is 6.50. The van der Waals surface area contributed by atoms with Gasteiger partial charge in [0.15, 0.2) is 5.16 Å². The Labute approximate surface area is 189 Å². The van der Waals surface area contributed by atoms with Crippen LogP contribution in [0.1, 0.15) is 19.0 Å². The molecular weight excluding hydrogens is 438 g/mol. The van der Waals surface area contributed by atoms with Gasteiger partial charge in [0.25, 0.3) is 5.56 Å². The van der Waals surface area contributed by atoms with Crippen molar-refractivity contribution in [2.45, 2.75) is 30.4 Å². The van der Waals surface area contributed by atoms with Crippen molar-refractivity contribution in [3.05, 3.63) is 75.7 Å². The van der Waals surface area contributed by atoms with E-state index < -0.39 is 5.25 Å². The Bertz CT molecular complexity index is 1090. The van der Waals surface area contributed by atoms with Crippen LogP contribution in [0.3, 0.4) is 0 Å². The lowest BCUT2D eigenvalue weighted by Crippen LogP contribution is -2.25. The number of amides is 1. The number of ether oxygens (including phenoxy) is 2. The van der Waals surface area contributed by atoms with Gasteiger partial charge in [-0.2, -0.15) is 0 Å². The molecule has 9 heteroatoms. The molecule has 0 saturated carbocycles. The van der Waals surface area contributed by atoms with Crippen molar-refractivity contribution in [3.8, 4) is 11.5 Å². The van der Waals surface area contributed by atoms with Crippen molar-refractivity contribution >= 4 is 35.0 Å². The molecule has 0 fully saturated rings. The highest BCUT2D eigenvalue weighted by atomic mass is 35.5. The number of carbonyl (C=O) groups excluding carboxylic acids is 1. The van der Waals surface area contributed by atoms with Crippen LogP contribution < -0.4 is 20.3 Å². The summed E-state index contributed by atoms with van der Waals surface area (Å²) < 4.78 is 10.8.